The van der Waals surface area contributed by atoms with Crippen LogP contribution in [0.3, 0.4) is 0 Å². The van der Waals surface area contributed by atoms with Gasteiger partial charge in [-0.2, -0.15) is 5.26 Å². The van der Waals surface area contributed by atoms with Crippen molar-refractivity contribution in [3.63, 3.8) is 0 Å². The van der Waals surface area contributed by atoms with Crippen LogP contribution in [-0.2, 0) is 0 Å². The lowest BCUT2D eigenvalue weighted by Gasteiger charge is -2.02. The third kappa shape index (κ3) is 1.54. The second kappa shape index (κ2) is 3.64. The van der Waals surface area contributed by atoms with E-state index in [9.17, 15) is 0 Å². The number of aromatic nitrogens is 2. The number of halogens is 1. The first-order chi connectivity index (χ1) is 6.81. The Bertz CT molecular complexity index is 479. The molecule has 2 rings (SSSR count). The van der Waals surface area contributed by atoms with Gasteiger partial charge in [-0.3, -0.25) is 4.57 Å². The summed E-state index contributed by atoms with van der Waals surface area (Å²) in [6, 6.07) is 9.40. The Balaban J connectivity index is 2.45. The number of nitrogens with zero attached hydrogens (tertiary/aromatic N) is 3. The minimum atomic E-state index is 0.657. The van der Waals surface area contributed by atoms with Crippen molar-refractivity contribution >= 4 is 15.9 Å². The predicted molar refractivity (Wildman–Crippen MR) is 56.0 cm³/mol. The van der Waals surface area contributed by atoms with Crippen LogP contribution in [0.25, 0.3) is 5.69 Å². The maximum atomic E-state index is 8.64. The molecule has 0 aliphatic rings. The lowest BCUT2D eigenvalue weighted by molar-refractivity contribution is 1.01. The number of hydrogen-bond donors (Lipinski definition) is 0. The molecule has 68 valence electrons. The van der Waals surface area contributed by atoms with Crippen LogP contribution < -0.4 is 0 Å². The minimum Gasteiger partial charge on any atom is -0.294 e. The van der Waals surface area contributed by atoms with Gasteiger partial charge in [0.1, 0.15) is 0 Å². The van der Waals surface area contributed by atoms with Gasteiger partial charge in [0.15, 0.2) is 4.73 Å². The fourth-order valence-electron chi connectivity index (χ4n) is 1.17. The van der Waals surface area contributed by atoms with Crippen LogP contribution in [0.15, 0.2) is 41.4 Å². The van der Waals surface area contributed by atoms with Gasteiger partial charge in [-0.25, -0.2) is 4.98 Å². The molecule has 0 unspecified atom stereocenters. The van der Waals surface area contributed by atoms with Gasteiger partial charge in [-0.15, -0.1) is 0 Å². The van der Waals surface area contributed by atoms with E-state index in [-0.39, 0.29) is 0 Å². The van der Waals surface area contributed by atoms with Gasteiger partial charge in [0.05, 0.1) is 11.6 Å². The highest BCUT2D eigenvalue weighted by Crippen LogP contribution is 2.15. The molecule has 0 radical (unpaired) electrons. The van der Waals surface area contributed by atoms with Gasteiger partial charge in [0.2, 0.25) is 0 Å². The predicted octanol–water partition coefficient (Wildman–Crippen LogP) is 2.51. The SMILES string of the molecule is N#Cc1ccc(-n2ccnc2Br)cc1. The molecular weight excluding hydrogens is 242 g/mol. The number of nitriles is 1. The standard InChI is InChI=1S/C10H6BrN3/c11-10-13-5-6-14(10)9-3-1-8(7-12)2-4-9/h1-6H. The molecular formula is C10H6BrN3. The summed E-state index contributed by atoms with van der Waals surface area (Å²) in [4.78, 5) is 4.05. The molecule has 0 saturated heterocycles. The third-order valence-corrected chi connectivity index (χ3v) is 2.46. The molecule has 0 atom stereocenters. The summed E-state index contributed by atoms with van der Waals surface area (Å²) in [5, 5.41) is 8.64. The van der Waals surface area contributed by atoms with E-state index in [1.165, 1.54) is 0 Å². The Morgan fingerprint density at radius 2 is 2.00 bits per heavy atom. The van der Waals surface area contributed by atoms with E-state index in [1.54, 1.807) is 18.3 Å². The summed E-state index contributed by atoms with van der Waals surface area (Å²) < 4.78 is 2.64. The van der Waals surface area contributed by atoms with Crippen LogP contribution in [-0.4, -0.2) is 9.55 Å². The fourth-order valence-corrected chi connectivity index (χ4v) is 1.62. The van der Waals surface area contributed by atoms with Crippen molar-refractivity contribution in [1.29, 1.82) is 5.26 Å². The number of rotatable bonds is 1. The third-order valence-electron chi connectivity index (χ3n) is 1.87. The number of benzene rings is 1. The van der Waals surface area contributed by atoms with Crippen molar-refractivity contribution in [3.05, 3.63) is 47.0 Å². The maximum absolute atomic E-state index is 8.64. The van der Waals surface area contributed by atoms with E-state index < -0.39 is 0 Å². The molecule has 0 bridgehead atoms. The Hall–Kier alpha value is -1.60. The lowest BCUT2D eigenvalue weighted by Crippen LogP contribution is -1.92. The quantitative estimate of drug-likeness (QED) is 0.777. The molecule has 1 aromatic heterocycles. The Morgan fingerprint density at radius 3 is 2.50 bits per heavy atom. The van der Waals surface area contributed by atoms with Crippen LogP contribution in [0.5, 0.6) is 0 Å². The molecule has 4 heteroatoms. The van der Waals surface area contributed by atoms with Crippen molar-refractivity contribution in [3.8, 4) is 11.8 Å². The van der Waals surface area contributed by atoms with Crippen LogP contribution in [0.2, 0.25) is 0 Å². The second-order valence-electron chi connectivity index (χ2n) is 2.72. The van der Waals surface area contributed by atoms with E-state index in [0.29, 0.717) is 5.56 Å². The normalized spacial score (nSPS) is 9.71. The van der Waals surface area contributed by atoms with Gasteiger partial charge >= 0.3 is 0 Å². The summed E-state index contributed by atoms with van der Waals surface area (Å²) >= 11 is 3.33. The van der Waals surface area contributed by atoms with Crippen molar-refractivity contribution in [2.75, 3.05) is 0 Å². The monoisotopic (exact) mass is 247 g/mol. The molecule has 0 fully saturated rings. The highest BCUT2D eigenvalue weighted by molar-refractivity contribution is 9.10. The smallest absolute Gasteiger partial charge is 0.181 e. The van der Waals surface area contributed by atoms with Gasteiger partial charge < -0.3 is 0 Å². The van der Waals surface area contributed by atoms with Crippen molar-refractivity contribution in [2.24, 2.45) is 0 Å². The largest absolute Gasteiger partial charge is 0.294 e. The van der Waals surface area contributed by atoms with E-state index >= 15 is 0 Å². The topological polar surface area (TPSA) is 41.6 Å². The van der Waals surface area contributed by atoms with Crippen molar-refractivity contribution < 1.29 is 0 Å². The molecule has 0 saturated carbocycles. The van der Waals surface area contributed by atoms with Gasteiger partial charge in [0.25, 0.3) is 0 Å². The molecule has 1 aromatic carbocycles. The zero-order valence-electron chi connectivity index (χ0n) is 7.18. The molecule has 0 spiro atoms. The average Bonchev–Trinajstić information content (AvgIpc) is 2.65. The first-order valence-corrected chi connectivity index (χ1v) is 4.80. The molecule has 0 N–H and O–H groups in total. The summed E-state index contributed by atoms with van der Waals surface area (Å²) in [5.74, 6) is 0. The first-order valence-electron chi connectivity index (χ1n) is 4.00. The number of imidazole rings is 1. The van der Waals surface area contributed by atoms with Crippen molar-refractivity contribution in [1.82, 2.24) is 9.55 Å². The molecule has 3 nitrogen and oxygen atoms in total. The molecule has 0 aliphatic carbocycles. The van der Waals surface area contributed by atoms with Crippen LogP contribution in [0, 0.1) is 11.3 Å². The Kier molecular flexibility index (Phi) is 2.33. The highest BCUT2D eigenvalue weighted by atomic mass is 79.9. The van der Waals surface area contributed by atoms with Crippen molar-refractivity contribution in [2.45, 2.75) is 0 Å². The van der Waals surface area contributed by atoms with E-state index in [4.69, 9.17) is 5.26 Å². The summed E-state index contributed by atoms with van der Waals surface area (Å²) in [6.07, 6.45) is 3.56. The van der Waals surface area contributed by atoms with E-state index in [1.807, 2.05) is 22.9 Å². The zero-order chi connectivity index (χ0) is 9.97. The summed E-state index contributed by atoms with van der Waals surface area (Å²) in [5.41, 5.74) is 1.64. The zero-order valence-corrected chi connectivity index (χ0v) is 8.77. The minimum absolute atomic E-state index is 0.657. The van der Waals surface area contributed by atoms with E-state index in [0.717, 1.165) is 10.4 Å². The van der Waals surface area contributed by atoms with Gasteiger partial charge in [0, 0.05) is 18.1 Å². The maximum Gasteiger partial charge on any atom is 0.181 e. The fraction of sp³-hybridized carbons (Fsp3) is 0. The lowest BCUT2D eigenvalue weighted by atomic mass is 10.2. The molecule has 0 amide bonds. The van der Waals surface area contributed by atoms with Crippen LogP contribution >= 0.6 is 15.9 Å². The molecule has 14 heavy (non-hydrogen) atoms. The van der Waals surface area contributed by atoms with E-state index in [2.05, 4.69) is 27.0 Å². The number of hydrogen-bond acceptors (Lipinski definition) is 2. The molecule has 1 heterocycles. The van der Waals surface area contributed by atoms with Gasteiger partial charge in [-0.1, -0.05) is 0 Å². The molecule has 2 aromatic rings. The summed E-state index contributed by atoms with van der Waals surface area (Å²) in [7, 11) is 0. The second-order valence-corrected chi connectivity index (χ2v) is 3.43. The Morgan fingerprint density at radius 1 is 1.29 bits per heavy atom. The highest BCUT2D eigenvalue weighted by Gasteiger charge is 2.00. The first kappa shape index (κ1) is 8.97. The van der Waals surface area contributed by atoms with Gasteiger partial charge in [-0.05, 0) is 40.2 Å². The summed E-state index contributed by atoms with van der Waals surface area (Å²) in [6.45, 7) is 0. The van der Waals surface area contributed by atoms with Crippen LogP contribution in [0.4, 0.5) is 0 Å². The Labute approximate surface area is 89.8 Å². The molecule has 0 aliphatic heterocycles. The van der Waals surface area contributed by atoms with Crippen LogP contribution in [0.1, 0.15) is 5.56 Å². The average molecular weight is 248 g/mol.